The normalized spacial score (nSPS) is 15.1. The van der Waals surface area contributed by atoms with Crippen LogP contribution in [0, 0.1) is 29.6 Å². The van der Waals surface area contributed by atoms with Crippen LogP contribution in [0.2, 0.25) is 0 Å². The zero-order chi connectivity index (χ0) is 83.1. The number of nitrogens with two attached hydrogens (primary N) is 11. The SMILES string of the molecule is CC[C@H](C)[C@H](NC(=O)[C@H](CCCN=C(N)N)NC(=O)[C@@H](NC(=O)[C@H](C)NC(=O)[C@@H](NC(=O)[C@@H](NC(=O)[C@H](CC(C)C)NC(=O)[C@H](CCCN=C(N)N)NC(=O)[C@@H](N)CCCN)[C@@H](C)CC)C(C)C)C(C)C)C(=O)N[C@@H](Cc1c[nH]c2ccccc12)C(=O)N[C@@H](CCCN=C(N)N)C(=O)N[C@@H](CCCN=C(N)N)C(N)=O. The van der Waals surface area contributed by atoms with E-state index >= 15 is 0 Å². The third-order valence-electron chi connectivity index (χ3n) is 18.3. The lowest BCUT2D eigenvalue weighted by Gasteiger charge is -2.31. The molecule has 2 aromatic rings. The molecule has 1 aromatic carbocycles. The van der Waals surface area contributed by atoms with Crippen molar-refractivity contribution in [1.29, 1.82) is 0 Å². The maximum Gasteiger partial charge on any atom is 0.243 e. The minimum atomic E-state index is -1.45. The lowest BCUT2D eigenvalue weighted by Crippen LogP contribution is -2.62. The summed E-state index contributed by atoms with van der Waals surface area (Å²) >= 11 is 0. The Kier molecular flexibility index (Phi) is 42.9. The molecule has 39 nitrogen and oxygen atoms in total. The van der Waals surface area contributed by atoms with Crippen LogP contribution in [0.5, 0.6) is 0 Å². The quantitative estimate of drug-likeness (QED) is 0.0168. The average molecular weight is 1550 g/mol. The Hall–Kier alpha value is -10.6. The predicted molar refractivity (Wildman–Crippen MR) is 422 cm³/mol. The fourth-order valence-corrected chi connectivity index (χ4v) is 11.5. The van der Waals surface area contributed by atoms with E-state index in [1.165, 1.54) is 6.92 Å². The standard InChI is InChI=1S/C71H127N27O12/c1-12-39(9)54(66(109)94-51(34-42-35-87-45-23-15-14-21-43(42)45)62(105)91-48(26-19-31-85-70(79)80)59(102)89-46(56(74)99)24-17-29-83-68(75)76)97-61(104)49(27-20-32-86-71(81)82)92-65(108)53(38(7)8)95-57(100)41(11)88-64(107)52(37(5)6)96-67(110)55(40(10)13-2)98-63(106)50(33-36(3)4)93-60(103)47(25-18-30-84-69(77)78)90-58(101)44(73)22-16-28-72/h14-15,21,23,35-41,44,46-55,87H,12-13,16-20,22,24-34,72-73H2,1-11H3,(H2,74,99)(H,88,107)(H,89,102)(H,90,101)(H,91,105)(H,92,108)(H,93,103)(H,94,109)(H,95,100)(H,96,110)(H,97,104)(H,98,106)(H4,75,76,83)(H4,77,78,84)(H4,79,80,85)(H4,81,82,86)/t39-,40-,41-,44-,46-,47-,48-,49-,50-,51-,52-,53-,54-,55-/m0/s1. The Bertz CT molecular complexity index is 3460. The number of nitrogens with zero attached hydrogens (tertiary/aromatic N) is 4. The molecule has 0 saturated carbocycles. The van der Waals surface area contributed by atoms with E-state index in [0.717, 1.165) is 0 Å². The van der Waals surface area contributed by atoms with Gasteiger partial charge >= 0.3 is 0 Å². The molecule has 1 aromatic heterocycles. The Balaban J connectivity index is 2.51. The number of guanidine groups is 4. The summed E-state index contributed by atoms with van der Waals surface area (Å²) in [6, 6.07) is -8.24. The minimum Gasteiger partial charge on any atom is -0.370 e. The summed E-state index contributed by atoms with van der Waals surface area (Å²) < 4.78 is 0. The number of fused-ring (bicyclic) bond motifs is 1. The first-order valence-corrected chi connectivity index (χ1v) is 37.6. The number of amides is 12. The molecule has 618 valence electrons. The van der Waals surface area contributed by atoms with Crippen molar-refractivity contribution in [3.05, 3.63) is 36.0 Å². The fourth-order valence-electron chi connectivity index (χ4n) is 11.5. The lowest BCUT2D eigenvalue weighted by atomic mass is 9.95. The van der Waals surface area contributed by atoms with Crippen LogP contribution in [-0.4, -0.2) is 205 Å². The molecule has 2 rings (SSSR count). The highest BCUT2D eigenvalue weighted by molar-refractivity contribution is 6.00. The number of para-hydroxylation sites is 1. The number of hydrogen-bond donors (Lipinski definition) is 23. The van der Waals surface area contributed by atoms with Gasteiger partial charge in [0.05, 0.1) is 6.04 Å². The van der Waals surface area contributed by atoms with E-state index in [0.29, 0.717) is 42.3 Å². The first kappa shape index (κ1) is 95.5. The molecule has 1 heterocycles. The molecule has 39 heteroatoms. The second-order valence-electron chi connectivity index (χ2n) is 28.7. The van der Waals surface area contributed by atoms with Gasteiger partial charge in [-0.05, 0) is 125 Å². The number of benzene rings is 1. The summed E-state index contributed by atoms with van der Waals surface area (Å²) in [6.45, 7) is 19.1. The van der Waals surface area contributed by atoms with E-state index in [9.17, 15) is 57.5 Å². The summed E-state index contributed by atoms with van der Waals surface area (Å²) in [5, 5.41) is 30.7. The number of hydrogen-bond acceptors (Lipinski definition) is 18. The third-order valence-corrected chi connectivity index (χ3v) is 18.3. The van der Waals surface area contributed by atoms with Gasteiger partial charge in [0.15, 0.2) is 23.8 Å². The van der Waals surface area contributed by atoms with Crippen molar-refractivity contribution in [2.75, 3.05) is 32.7 Å². The van der Waals surface area contributed by atoms with Gasteiger partial charge in [-0.3, -0.25) is 77.5 Å². The van der Waals surface area contributed by atoms with E-state index in [-0.39, 0.29) is 127 Å². The van der Waals surface area contributed by atoms with Crippen molar-refractivity contribution in [3.8, 4) is 0 Å². The first-order chi connectivity index (χ1) is 51.8. The number of carbonyl (C=O) groups is 12. The van der Waals surface area contributed by atoms with Crippen LogP contribution in [0.4, 0.5) is 0 Å². The highest BCUT2D eigenvalue weighted by atomic mass is 16.2. The second kappa shape index (κ2) is 49.4. The van der Waals surface area contributed by atoms with Crippen LogP contribution in [0.25, 0.3) is 10.9 Å². The third kappa shape index (κ3) is 34.7. The van der Waals surface area contributed by atoms with Crippen LogP contribution in [0.3, 0.4) is 0 Å². The summed E-state index contributed by atoms with van der Waals surface area (Å²) in [5.74, 6) is -12.9. The number of H-pyrrole nitrogens is 1. The Morgan fingerprint density at radius 1 is 0.391 bits per heavy atom. The van der Waals surface area contributed by atoms with Crippen molar-refractivity contribution < 1.29 is 57.5 Å². The van der Waals surface area contributed by atoms with Gasteiger partial charge in [0.2, 0.25) is 70.9 Å². The first-order valence-electron chi connectivity index (χ1n) is 37.6. The minimum absolute atomic E-state index is 0.00441. The zero-order valence-electron chi connectivity index (χ0n) is 65.7. The monoisotopic (exact) mass is 1550 g/mol. The molecule has 0 aliphatic rings. The van der Waals surface area contributed by atoms with E-state index in [1.807, 2.05) is 26.0 Å². The van der Waals surface area contributed by atoms with Crippen molar-refractivity contribution in [2.45, 2.75) is 239 Å². The van der Waals surface area contributed by atoms with Crippen molar-refractivity contribution in [2.24, 2.45) is 113 Å². The molecular formula is C71H127N27O12. The van der Waals surface area contributed by atoms with E-state index < -0.39 is 167 Å². The van der Waals surface area contributed by atoms with E-state index in [4.69, 9.17) is 63.1 Å². The largest absolute Gasteiger partial charge is 0.370 e. The maximum absolute atomic E-state index is 15.0. The smallest absolute Gasteiger partial charge is 0.243 e. The Morgan fingerprint density at radius 3 is 1.16 bits per heavy atom. The summed E-state index contributed by atoms with van der Waals surface area (Å²) in [6.07, 6.45) is 3.69. The van der Waals surface area contributed by atoms with Gasteiger partial charge < -0.3 is 127 Å². The molecular weight excluding hydrogens is 1420 g/mol. The number of rotatable bonds is 52. The van der Waals surface area contributed by atoms with Gasteiger partial charge in [-0.1, -0.05) is 100 Å². The summed E-state index contributed by atoms with van der Waals surface area (Å²) in [5.41, 5.74) is 63.0. The summed E-state index contributed by atoms with van der Waals surface area (Å²) in [7, 11) is 0. The highest BCUT2D eigenvalue weighted by Crippen LogP contribution is 2.21. The number of nitrogens with one attached hydrogen (secondary N) is 12. The molecule has 12 amide bonds. The van der Waals surface area contributed by atoms with Crippen molar-refractivity contribution in [1.82, 2.24) is 63.5 Å². The molecule has 0 radical (unpaired) electrons. The molecule has 0 aliphatic heterocycles. The molecule has 14 atom stereocenters. The van der Waals surface area contributed by atoms with Crippen LogP contribution < -0.4 is 122 Å². The average Bonchev–Trinajstić information content (AvgIpc) is 1.62. The van der Waals surface area contributed by atoms with Gasteiger partial charge in [0.1, 0.15) is 66.5 Å². The Morgan fingerprint density at radius 2 is 0.736 bits per heavy atom. The van der Waals surface area contributed by atoms with Gasteiger partial charge in [-0.15, -0.1) is 0 Å². The van der Waals surface area contributed by atoms with Gasteiger partial charge in [0.25, 0.3) is 0 Å². The molecule has 0 unspecified atom stereocenters. The van der Waals surface area contributed by atoms with E-state index in [1.54, 1.807) is 73.7 Å². The lowest BCUT2D eigenvalue weighted by molar-refractivity contribution is -0.137. The number of aromatic amines is 1. The predicted octanol–water partition coefficient (Wildman–Crippen LogP) is -4.72. The number of carbonyl (C=O) groups excluding carboxylic acids is 12. The Labute approximate surface area is 644 Å². The molecule has 0 spiro atoms. The van der Waals surface area contributed by atoms with Gasteiger partial charge in [-0.2, -0.15) is 0 Å². The van der Waals surface area contributed by atoms with Crippen LogP contribution in [0.15, 0.2) is 50.4 Å². The zero-order valence-corrected chi connectivity index (χ0v) is 65.7. The van der Waals surface area contributed by atoms with Crippen molar-refractivity contribution >= 4 is 106 Å². The summed E-state index contributed by atoms with van der Waals surface area (Å²) in [4.78, 5) is 189. The second-order valence-corrected chi connectivity index (χ2v) is 28.7. The fraction of sp³-hybridized carbons (Fsp3) is 0.662. The molecule has 0 saturated heterocycles. The number of primary amides is 1. The highest BCUT2D eigenvalue weighted by Gasteiger charge is 2.39. The number of aliphatic imine (C=N–C) groups is 4. The molecule has 34 N–H and O–H groups in total. The molecule has 0 fully saturated rings. The molecule has 0 aliphatic carbocycles. The van der Waals surface area contributed by atoms with Crippen LogP contribution in [-0.2, 0) is 64.0 Å². The van der Waals surface area contributed by atoms with Gasteiger partial charge in [0, 0.05) is 49.7 Å². The molecule has 110 heavy (non-hydrogen) atoms. The topological polar surface area (TPSA) is 689 Å². The van der Waals surface area contributed by atoms with E-state index in [2.05, 4.69) is 83.4 Å². The maximum atomic E-state index is 15.0. The molecule has 0 bridgehead atoms. The van der Waals surface area contributed by atoms with Crippen LogP contribution in [0.1, 0.15) is 165 Å². The van der Waals surface area contributed by atoms with Gasteiger partial charge in [-0.25, -0.2) is 0 Å². The van der Waals surface area contributed by atoms with Crippen molar-refractivity contribution in [3.63, 3.8) is 0 Å². The van der Waals surface area contributed by atoms with Crippen LogP contribution >= 0.6 is 0 Å². The number of aromatic nitrogens is 1.